The number of carboxylic acids is 1. The first-order chi connectivity index (χ1) is 4.00. The molecule has 0 bridgehead atoms. The molecule has 0 aromatic rings. The smallest absolute Gasteiger partial charge is 0.309 e. The van der Waals surface area contributed by atoms with E-state index in [1.807, 2.05) is 6.92 Å². The first-order valence-electron chi connectivity index (χ1n) is 3.08. The summed E-state index contributed by atoms with van der Waals surface area (Å²) >= 11 is 0. The molecule has 0 fully saturated rings. The van der Waals surface area contributed by atoms with E-state index in [1.165, 1.54) is 0 Å². The van der Waals surface area contributed by atoms with Gasteiger partial charge >= 0.3 is 5.97 Å². The van der Waals surface area contributed by atoms with E-state index in [2.05, 4.69) is 0 Å². The lowest BCUT2D eigenvalue weighted by Crippen LogP contribution is -2.23. The first-order valence-corrected chi connectivity index (χ1v) is 3.08. The number of carboxylic acid groups (broad SMARTS) is 1. The van der Waals surface area contributed by atoms with Crippen molar-refractivity contribution in [2.24, 2.45) is 5.41 Å². The van der Waals surface area contributed by atoms with Crippen LogP contribution in [0.25, 0.3) is 0 Å². The van der Waals surface area contributed by atoms with Gasteiger partial charge in [-0.15, -0.1) is 0 Å². The van der Waals surface area contributed by atoms with Crippen molar-refractivity contribution in [3.05, 3.63) is 6.42 Å². The fourth-order valence-electron chi connectivity index (χ4n) is 0.598. The molecule has 0 aromatic carbocycles. The molecule has 53 valence electrons. The maximum absolute atomic E-state index is 10.4. The summed E-state index contributed by atoms with van der Waals surface area (Å²) in [5.74, 6) is -0.760. The van der Waals surface area contributed by atoms with Crippen LogP contribution in [0, 0.1) is 11.8 Å². The van der Waals surface area contributed by atoms with Gasteiger partial charge in [0.2, 0.25) is 0 Å². The van der Waals surface area contributed by atoms with Crippen molar-refractivity contribution in [2.75, 3.05) is 0 Å². The average molecular weight is 129 g/mol. The minimum atomic E-state index is -0.760. The van der Waals surface area contributed by atoms with E-state index in [9.17, 15) is 4.79 Å². The van der Waals surface area contributed by atoms with Crippen molar-refractivity contribution < 1.29 is 9.90 Å². The molecule has 9 heavy (non-hydrogen) atoms. The Hall–Kier alpha value is -0.530. The monoisotopic (exact) mass is 129 g/mol. The summed E-state index contributed by atoms with van der Waals surface area (Å²) < 4.78 is 0. The van der Waals surface area contributed by atoms with Crippen molar-refractivity contribution >= 4 is 5.97 Å². The van der Waals surface area contributed by atoms with Gasteiger partial charge in [0.1, 0.15) is 0 Å². The second kappa shape index (κ2) is 2.85. The molecule has 2 heteroatoms. The number of carbonyl (C=O) groups is 1. The Kier molecular flexibility index (Phi) is 2.68. The van der Waals surface area contributed by atoms with E-state index >= 15 is 0 Å². The van der Waals surface area contributed by atoms with Crippen LogP contribution in [0.15, 0.2) is 0 Å². The lowest BCUT2D eigenvalue weighted by atomic mass is 9.88. The van der Waals surface area contributed by atoms with Crippen LogP contribution in [-0.4, -0.2) is 11.1 Å². The fraction of sp³-hybridized carbons (Fsp3) is 0.714. The molecule has 0 saturated heterocycles. The quantitative estimate of drug-likeness (QED) is 0.629. The maximum Gasteiger partial charge on any atom is 0.309 e. The average Bonchev–Trinajstić information content (AvgIpc) is 1.65. The highest BCUT2D eigenvalue weighted by Crippen LogP contribution is 2.20. The van der Waals surface area contributed by atoms with Crippen LogP contribution in [0.1, 0.15) is 27.2 Å². The Bertz CT molecular complexity index is 105. The Morgan fingerprint density at radius 1 is 1.67 bits per heavy atom. The molecule has 0 rings (SSSR count). The SMILES string of the molecule is CC[CH]C(C)(C)C(=O)O. The van der Waals surface area contributed by atoms with Crippen LogP contribution in [0.4, 0.5) is 0 Å². The Morgan fingerprint density at radius 3 is 2.22 bits per heavy atom. The van der Waals surface area contributed by atoms with Crippen molar-refractivity contribution in [3.8, 4) is 0 Å². The molecule has 0 unspecified atom stereocenters. The minimum Gasteiger partial charge on any atom is -0.481 e. The van der Waals surface area contributed by atoms with Gasteiger partial charge in [0.15, 0.2) is 0 Å². The summed E-state index contributed by atoms with van der Waals surface area (Å²) in [7, 11) is 0. The van der Waals surface area contributed by atoms with E-state index in [1.54, 1.807) is 20.3 Å². The molecule has 0 saturated carbocycles. The van der Waals surface area contributed by atoms with Gasteiger partial charge in [0, 0.05) is 0 Å². The normalized spacial score (nSPS) is 11.4. The second-order valence-electron chi connectivity index (χ2n) is 2.64. The van der Waals surface area contributed by atoms with Crippen LogP contribution in [0.5, 0.6) is 0 Å². The largest absolute Gasteiger partial charge is 0.481 e. The predicted octanol–water partition coefficient (Wildman–Crippen LogP) is 1.71. The summed E-state index contributed by atoms with van der Waals surface area (Å²) in [6.45, 7) is 5.32. The lowest BCUT2D eigenvalue weighted by molar-refractivity contribution is -0.145. The summed E-state index contributed by atoms with van der Waals surface area (Å²) in [4.78, 5) is 10.4. The topological polar surface area (TPSA) is 37.3 Å². The molecule has 0 spiro atoms. The zero-order valence-corrected chi connectivity index (χ0v) is 6.14. The molecular weight excluding hydrogens is 116 g/mol. The number of hydrogen-bond donors (Lipinski definition) is 1. The summed E-state index contributed by atoms with van der Waals surface area (Å²) in [5.41, 5.74) is -0.658. The predicted molar refractivity (Wildman–Crippen MR) is 36.0 cm³/mol. The molecule has 0 aliphatic heterocycles. The standard InChI is InChI=1S/C7H13O2/c1-4-5-7(2,3)6(8)9/h5H,4H2,1-3H3,(H,8,9). The van der Waals surface area contributed by atoms with Crippen molar-refractivity contribution in [1.29, 1.82) is 0 Å². The third-order valence-corrected chi connectivity index (χ3v) is 1.27. The molecule has 0 heterocycles. The van der Waals surface area contributed by atoms with E-state index < -0.39 is 11.4 Å². The van der Waals surface area contributed by atoms with Gasteiger partial charge in [-0.05, 0) is 20.3 Å². The minimum absolute atomic E-state index is 0.658. The third-order valence-electron chi connectivity index (χ3n) is 1.27. The lowest BCUT2D eigenvalue weighted by Gasteiger charge is -2.16. The Morgan fingerprint density at radius 2 is 2.11 bits per heavy atom. The molecule has 1 radical (unpaired) electrons. The molecule has 0 aliphatic carbocycles. The number of hydrogen-bond acceptors (Lipinski definition) is 1. The van der Waals surface area contributed by atoms with Crippen LogP contribution in [-0.2, 0) is 4.79 Å². The zero-order chi connectivity index (χ0) is 7.49. The van der Waals surface area contributed by atoms with Crippen molar-refractivity contribution in [3.63, 3.8) is 0 Å². The van der Waals surface area contributed by atoms with Crippen LogP contribution in [0.3, 0.4) is 0 Å². The second-order valence-corrected chi connectivity index (χ2v) is 2.64. The van der Waals surface area contributed by atoms with E-state index in [0.29, 0.717) is 0 Å². The molecule has 0 aliphatic rings. The fourth-order valence-corrected chi connectivity index (χ4v) is 0.598. The summed E-state index contributed by atoms with van der Waals surface area (Å²) in [6, 6.07) is 0. The third kappa shape index (κ3) is 2.49. The van der Waals surface area contributed by atoms with Crippen LogP contribution in [0.2, 0.25) is 0 Å². The van der Waals surface area contributed by atoms with Gasteiger partial charge in [-0.1, -0.05) is 13.3 Å². The Balaban J connectivity index is 3.85. The van der Waals surface area contributed by atoms with Gasteiger partial charge in [-0.3, -0.25) is 4.79 Å². The molecule has 2 nitrogen and oxygen atoms in total. The van der Waals surface area contributed by atoms with Gasteiger partial charge in [0.25, 0.3) is 0 Å². The van der Waals surface area contributed by atoms with Crippen molar-refractivity contribution in [2.45, 2.75) is 27.2 Å². The summed E-state index contributed by atoms with van der Waals surface area (Å²) in [5, 5.41) is 8.54. The number of rotatable bonds is 3. The van der Waals surface area contributed by atoms with Gasteiger partial charge in [0.05, 0.1) is 5.41 Å². The van der Waals surface area contributed by atoms with Crippen LogP contribution >= 0.6 is 0 Å². The summed E-state index contributed by atoms with van der Waals surface area (Å²) in [6.07, 6.45) is 2.59. The molecule has 0 atom stereocenters. The van der Waals surface area contributed by atoms with E-state index in [4.69, 9.17) is 5.11 Å². The van der Waals surface area contributed by atoms with E-state index in [0.717, 1.165) is 6.42 Å². The molecule has 0 aromatic heterocycles. The highest BCUT2D eigenvalue weighted by molar-refractivity contribution is 5.75. The van der Waals surface area contributed by atoms with Gasteiger partial charge in [-0.2, -0.15) is 0 Å². The first kappa shape index (κ1) is 8.47. The van der Waals surface area contributed by atoms with Crippen LogP contribution < -0.4 is 0 Å². The van der Waals surface area contributed by atoms with E-state index in [-0.39, 0.29) is 0 Å². The molecular formula is C7H13O2. The maximum atomic E-state index is 10.4. The zero-order valence-electron chi connectivity index (χ0n) is 6.14. The molecule has 0 amide bonds. The van der Waals surface area contributed by atoms with Gasteiger partial charge in [-0.25, -0.2) is 0 Å². The Labute approximate surface area is 55.9 Å². The number of aliphatic carboxylic acids is 1. The molecule has 1 N–H and O–H groups in total. The van der Waals surface area contributed by atoms with Gasteiger partial charge < -0.3 is 5.11 Å². The highest BCUT2D eigenvalue weighted by atomic mass is 16.4. The highest BCUT2D eigenvalue weighted by Gasteiger charge is 2.25. The van der Waals surface area contributed by atoms with Crippen molar-refractivity contribution in [1.82, 2.24) is 0 Å².